The summed E-state index contributed by atoms with van der Waals surface area (Å²) in [5.41, 5.74) is 1.12. The summed E-state index contributed by atoms with van der Waals surface area (Å²) >= 11 is 0. The third-order valence-corrected chi connectivity index (χ3v) is 4.76. The number of hydrogen-bond donors (Lipinski definition) is 0. The molecule has 5 heteroatoms. The Hall–Kier alpha value is -1.20. The molecular formula is C16H21BrN2O2. The van der Waals surface area contributed by atoms with Gasteiger partial charge in [-0.3, -0.25) is 9.59 Å². The Kier molecular flexibility index (Phi) is 4.84. The van der Waals surface area contributed by atoms with E-state index in [0.717, 1.165) is 24.1 Å². The number of quaternary nitrogens is 1. The van der Waals surface area contributed by atoms with E-state index < -0.39 is 0 Å². The lowest BCUT2D eigenvalue weighted by atomic mass is 10.1. The van der Waals surface area contributed by atoms with E-state index in [1.54, 1.807) is 12.1 Å². The number of fused-ring (bicyclic) bond motifs is 1. The van der Waals surface area contributed by atoms with Gasteiger partial charge >= 0.3 is 0 Å². The standard InChI is InChI=1S/C16H21N2O2.BrH/c1-2-18(10-6-3-7-11-18)12-17-15(19)13-8-4-5-9-14(13)16(17)20;/h4-5,8-9H,2-3,6-7,10-12H2,1H3;1H/q+1;/p-1. The van der Waals surface area contributed by atoms with E-state index in [1.807, 2.05) is 12.1 Å². The van der Waals surface area contributed by atoms with Gasteiger partial charge in [-0.15, -0.1) is 0 Å². The molecule has 0 aliphatic carbocycles. The molecule has 0 bridgehead atoms. The molecule has 4 nitrogen and oxygen atoms in total. The summed E-state index contributed by atoms with van der Waals surface area (Å²) in [5.74, 6) is -0.246. The molecule has 2 amide bonds. The molecule has 2 aliphatic rings. The van der Waals surface area contributed by atoms with E-state index in [4.69, 9.17) is 0 Å². The maximum Gasteiger partial charge on any atom is 0.265 e. The van der Waals surface area contributed by atoms with Crippen molar-refractivity contribution in [3.05, 3.63) is 35.4 Å². The second-order valence-electron chi connectivity index (χ2n) is 5.89. The predicted octanol–water partition coefficient (Wildman–Crippen LogP) is -0.735. The van der Waals surface area contributed by atoms with Gasteiger partial charge in [-0.25, -0.2) is 4.90 Å². The first kappa shape index (κ1) is 16.2. The number of rotatable bonds is 3. The molecule has 0 atom stereocenters. The molecule has 0 saturated carbocycles. The number of amides is 2. The minimum absolute atomic E-state index is 0. The van der Waals surface area contributed by atoms with E-state index in [9.17, 15) is 9.59 Å². The van der Waals surface area contributed by atoms with Gasteiger partial charge in [-0.2, -0.15) is 0 Å². The first-order valence-corrected chi connectivity index (χ1v) is 7.47. The highest BCUT2D eigenvalue weighted by atomic mass is 79.9. The molecule has 3 rings (SSSR count). The van der Waals surface area contributed by atoms with Crippen LogP contribution in [0, 0.1) is 0 Å². The first-order chi connectivity index (χ1) is 9.67. The molecule has 2 heterocycles. The van der Waals surface area contributed by atoms with Crippen molar-refractivity contribution >= 4 is 11.8 Å². The van der Waals surface area contributed by atoms with Crippen LogP contribution in [0.15, 0.2) is 24.3 Å². The van der Waals surface area contributed by atoms with Crippen LogP contribution < -0.4 is 17.0 Å². The monoisotopic (exact) mass is 352 g/mol. The number of benzene rings is 1. The fourth-order valence-corrected chi connectivity index (χ4v) is 3.41. The van der Waals surface area contributed by atoms with Crippen molar-refractivity contribution in [2.75, 3.05) is 26.3 Å². The van der Waals surface area contributed by atoms with Crippen LogP contribution in [0.5, 0.6) is 0 Å². The zero-order valence-electron chi connectivity index (χ0n) is 12.3. The number of halogens is 1. The van der Waals surface area contributed by atoms with Gasteiger partial charge < -0.3 is 21.5 Å². The number of carbonyl (C=O) groups excluding carboxylic acids is 2. The number of hydrogen-bond acceptors (Lipinski definition) is 2. The lowest BCUT2D eigenvalue weighted by Gasteiger charge is -2.42. The zero-order valence-corrected chi connectivity index (χ0v) is 13.9. The Balaban J connectivity index is 0.00000161. The van der Waals surface area contributed by atoms with E-state index in [1.165, 1.54) is 24.2 Å². The van der Waals surface area contributed by atoms with E-state index in [-0.39, 0.29) is 28.8 Å². The summed E-state index contributed by atoms with van der Waals surface area (Å²) in [6.45, 7) is 5.81. The highest BCUT2D eigenvalue weighted by Gasteiger charge is 2.41. The molecule has 0 spiro atoms. The SMILES string of the molecule is CC[N+]1(CN2C(=O)c3ccccc3C2=O)CCCCC1.[Br-]. The smallest absolute Gasteiger partial charge is 0.265 e. The normalized spacial score (nSPS) is 20.1. The van der Waals surface area contributed by atoms with Gasteiger partial charge in [0.15, 0.2) is 6.67 Å². The first-order valence-electron chi connectivity index (χ1n) is 7.47. The van der Waals surface area contributed by atoms with Crippen LogP contribution in [-0.2, 0) is 0 Å². The van der Waals surface area contributed by atoms with Crippen molar-refractivity contribution in [2.24, 2.45) is 0 Å². The fourth-order valence-electron chi connectivity index (χ4n) is 3.41. The van der Waals surface area contributed by atoms with Crippen molar-refractivity contribution in [1.82, 2.24) is 4.90 Å². The van der Waals surface area contributed by atoms with Crippen molar-refractivity contribution in [3.63, 3.8) is 0 Å². The number of carbonyl (C=O) groups is 2. The molecule has 21 heavy (non-hydrogen) atoms. The molecule has 0 radical (unpaired) electrons. The number of imide groups is 1. The molecule has 2 aliphatic heterocycles. The fraction of sp³-hybridized carbons (Fsp3) is 0.500. The van der Waals surface area contributed by atoms with E-state index >= 15 is 0 Å². The van der Waals surface area contributed by atoms with Crippen molar-refractivity contribution in [2.45, 2.75) is 26.2 Å². The summed E-state index contributed by atoms with van der Waals surface area (Å²) in [6.07, 6.45) is 3.65. The van der Waals surface area contributed by atoms with Gasteiger partial charge in [0.1, 0.15) is 0 Å². The average molecular weight is 353 g/mol. The van der Waals surface area contributed by atoms with Crippen LogP contribution in [0.25, 0.3) is 0 Å². The third kappa shape index (κ3) is 2.77. The Morgan fingerprint density at radius 3 is 2.00 bits per heavy atom. The quantitative estimate of drug-likeness (QED) is 0.531. The summed E-state index contributed by atoms with van der Waals surface area (Å²) in [7, 11) is 0. The van der Waals surface area contributed by atoms with Crippen LogP contribution in [-0.4, -0.2) is 47.5 Å². The number of nitrogens with zero attached hydrogens (tertiary/aromatic N) is 2. The van der Waals surface area contributed by atoms with Gasteiger partial charge in [0.2, 0.25) is 0 Å². The molecule has 0 aromatic heterocycles. The Morgan fingerprint density at radius 1 is 1.00 bits per heavy atom. The predicted molar refractivity (Wildman–Crippen MR) is 76.2 cm³/mol. The Labute approximate surface area is 136 Å². The minimum atomic E-state index is -0.123. The lowest BCUT2D eigenvalue weighted by Crippen LogP contribution is -3.00. The lowest BCUT2D eigenvalue weighted by molar-refractivity contribution is -0.937. The molecule has 1 aromatic rings. The summed E-state index contributed by atoms with van der Waals surface area (Å²) in [6, 6.07) is 7.14. The molecule has 0 N–H and O–H groups in total. The van der Waals surface area contributed by atoms with Crippen LogP contribution in [0.4, 0.5) is 0 Å². The van der Waals surface area contributed by atoms with Crippen LogP contribution in [0.3, 0.4) is 0 Å². The number of piperidine rings is 1. The van der Waals surface area contributed by atoms with Crippen LogP contribution in [0.1, 0.15) is 46.9 Å². The average Bonchev–Trinajstić information content (AvgIpc) is 2.74. The Morgan fingerprint density at radius 2 is 1.52 bits per heavy atom. The maximum atomic E-state index is 12.4. The summed E-state index contributed by atoms with van der Waals surface area (Å²) < 4.78 is 0.867. The summed E-state index contributed by atoms with van der Waals surface area (Å²) in [5, 5.41) is 0. The van der Waals surface area contributed by atoms with Gasteiger partial charge in [0, 0.05) is 0 Å². The highest BCUT2D eigenvalue weighted by molar-refractivity contribution is 6.21. The molecular weight excluding hydrogens is 332 g/mol. The Bertz CT molecular complexity index is 518. The number of likely N-dealkylation sites (tertiary alicyclic amines) is 1. The zero-order chi connectivity index (χ0) is 14.2. The third-order valence-electron chi connectivity index (χ3n) is 4.76. The second-order valence-corrected chi connectivity index (χ2v) is 5.89. The van der Waals surface area contributed by atoms with Gasteiger partial charge in [0.25, 0.3) is 11.8 Å². The minimum Gasteiger partial charge on any atom is -1.00 e. The molecule has 1 aromatic carbocycles. The topological polar surface area (TPSA) is 37.4 Å². The maximum absolute atomic E-state index is 12.4. The van der Waals surface area contributed by atoms with Gasteiger partial charge in [-0.05, 0) is 38.3 Å². The molecule has 0 unspecified atom stereocenters. The van der Waals surface area contributed by atoms with Crippen molar-refractivity contribution in [1.29, 1.82) is 0 Å². The van der Waals surface area contributed by atoms with Crippen molar-refractivity contribution < 1.29 is 31.1 Å². The summed E-state index contributed by atoms with van der Waals surface area (Å²) in [4.78, 5) is 26.3. The van der Waals surface area contributed by atoms with Gasteiger partial charge in [0.05, 0.1) is 30.8 Å². The highest BCUT2D eigenvalue weighted by Crippen LogP contribution is 2.26. The largest absolute Gasteiger partial charge is 1.00 e. The molecule has 1 saturated heterocycles. The van der Waals surface area contributed by atoms with Crippen LogP contribution >= 0.6 is 0 Å². The van der Waals surface area contributed by atoms with Crippen molar-refractivity contribution in [3.8, 4) is 0 Å². The van der Waals surface area contributed by atoms with E-state index in [2.05, 4.69) is 6.92 Å². The van der Waals surface area contributed by atoms with Crippen LogP contribution in [0.2, 0.25) is 0 Å². The van der Waals surface area contributed by atoms with Gasteiger partial charge in [-0.1, -0.05) is 12.1 Å². The second kappa shape index (κ2) is 6.28. The molecule has 114 valence electrons. The molecule has 1 fully saturated rings. The van der Waals surface area contributed by atoms with E-state index in [0.29, 0.717) is 17.8 Å².